The average molecular weight is 324 g/mol. The molecule has 1 saturated carbocycles. The van der Waals surface area contributed by atoms with Gasteiger partial charge in [0, 0.05) is 32.9 Å². The quantitative estimate of drug-likeness (QED) is 0.253. The molecule has 0 amide bonds. The molecule has 2 rings (SSSR count). The van der Waals surface area contributed by atoms with E-state index in [4.69, 9.17) is 11.6 Å². The van der Waals surface area contributed by atoms with Gasteiger partial charge in [0.1, 0.15) is 5.15 Å². The molecular weight excluding hydrogens is 306 g/mol. The molecule has 1 aromatic heterocycles. The van der Waals surface area contributed by atoms with Gasteiger partial charge in [0.15, 0.2) is 0 Å². The Morgan fingerprint density at radius 2 is 2.27 bits per heavy atom. The molecule has 1 fully saturated rings. The van der Waals surface area contributed by atoms with Crippen molar-refractivity contribution < 1.29 is 4.92 Å². The fourth-order valence-corrected chi connectivity index (χ4v) is 2.04. The molecule has 0 N–H and O–H groups in total. The summed E-state index contributed by atoms with van der Waals surface area (Å²) in [5.41, 5.74) is 0.936. The van der Waals surface area contributed by atoms with E-state index in [2.05, 4.69) is 9.98 Å². The van der Waals surface area contributed by atoms with Crippen molar-refractivity contribution >= 4 is 17.9 Å². The summed E-state index contributed by atoms with van der Waals surface area (Å²) in [6.45, 7) is 0.513. The van der Waals surface area contributed by atoms with Gasteiger partial charge in [0.05, 0.1) is 11.3 Å². The van der Waals surface area contributed by atoms with Gasteiger partial charge in [-0.25, -0.2) is 9.98 Å². The standard InChI is InChI=1S/C14H18ClN5O2/c1-18(2)10-17-14(9-20(21)22)19(12-4-5-12)8-11-3-6-13(15)16-7-11/h3,6-7,9-10,12H,4-5,8H2,1-2H3. The SMILES string of the molecule is CN(C)C=NC(=C[N+](=O)[O-])N(Cc1ccc(Cl)nc1)C1CC1. The van der Waals surface area contributed by atoms with E-state index in [1.807, 2.05) is 25.1 Å². The van der Waals surface area contributed by atoms with Crippen LogP contribution in [0.4, 0.5) is 0 Å². The zero-order valence-electron chi connectivity index (χ0n) is 12.5. The summed E-state index contributed by atoms with van der Waals surface area (Å²) in [7, 11) is 3.63. The van der Waals surface area contributed by atoms with E-state index in [0.717, 1.165) is 24.6 Å². The third-order valence-corrected chi connectivity index (χ3v) is 3.29. The Hall–Kier alpha value is -2.15. The number of aromatic nitrogens is 1. The molecule has 1 aromatic rings. The highest BCUT2D eigenvalue weighted by Gasteiger charge is 2.31. The van der Waals surface area contributed by atoms with Gasteiger partial charge in [0.25, 0.3) is 6.20 Å². The molecule has 0 unspecified atom stereocenters. The molecule has 1 heterocycles. The predicted molar refractivity (Wildman–Crippen MR) is 85.1 cm³/mol. The maximum atomic E-state index is 10.9. The molecular formula is C14H18ClN5O2. The molecule has 0 aromatic carbocycles. The smallest absolute Gasteiger partial charge is 0.276 e. The lowest BCUT2D eigenvalue weighted by molar-refractivity contribution is -0.404. The minimum absolute atomic E-state index is 0.279. The van der Waals surface area contributed by atoms with Gasteiger partial charge in [-0.05, 0) is 24.5 Å². The molecule has 0 saturated heterocycles. The van der Waals surface area contributed by atoms with Crippen LogP contribution < -0.4 is 0 Å². The predicted octanol–water partition coefficient (Wildman–Crippen LogP) is 2.36. The summed E-state index contributed by atoms with van der Waals surface area (Å²) < 4.78 is 0. The van der Waals surface area contributed by atoms with Crippen molar-refractivity contribution in [3.05, 3.63) is 51.2 Å². The van der Waals surface area contributed by atoms with Crippen molar-refractivity contribution in [1.82, 2.24) is 14.8 Å². The van der Waals surface area contributed by atoms with Crippen LogP contribution in [0.15, 0.2) is 35.3 Å². The number of nitrogens with zero attached hydrogens (tertiary/aromatic N) is 5. The van der Waals surface area contributed by atoms with Crippen LogP contribution in [-0.2, 0) is 6.54 Å². The highest BCUT2D eigenvalue weighted by molar-refractivity contribution is 6.29. The largest absolute Gasteiger partial charge is 0.369 e. The van der Waals surface area contributed by atoms with Gasteiger partial charge in [-0.15, -0.1) is 0 Å². The molecule has 8 heteroatoms. The summed E-state index contributed by atoms with van der Waals surface area (Å²) in [5, 5.41) is 11.3. The molecule has 1 aliphatic rings. The van der Waals surface area contributed by atoms with E-state index in [-0.39, 0.29) is 6.04 Å². The van der Waals surface area contributed by atoms with Gasteiger partial charge >= 0.3 is 0 Å². The monoisotopic (exact) mass is 323 g/mol. The number of hydrogen-bond donors (Lipinski definition) is 0. The third kappa shape index (κ3) is 5.00. The summed E-state index contributed by atoms with van der Waals surface area (Å²) in [4.78, 5) is 22.4. The first kappa shape index (κ1) is 16.2. The summed E-state index contributed by atoms with van der Waals surface area (Å²) in [6, 6.07) is 3.85. The second-order valence-electron chi connectivity index (χ2n) is 5.33. The highest BCUT2D eigenvalue weighted by Crippen LogP contribution is 2.32. The molecule has 0 atom stereocenters. The number of pyridine rings is 1. The molecule has 0 aliphatic heterocycles. The van der Waals surface area contributed by atoms with Crippen LogP contribution in [0, 0.1) is 10.1 Å². The van der Waals surface area contributed by atoms with Crippen LogP contribution in [0.5, 0.6) is 0 Å². The fourth-order valence-electron chi connectivity index (χ4n) is 1.93. The van der Waals surface area contributed by atoms with Crippen molar-refractivity contribution in [1.29, 1.82) is 0 Å². The lowest BCUT2D eigenvalue weighted by Crippen LogP contribution is -2.25. The Balaban J connectivity index is 2.22. The number of halogens is 1. The van der Waals surface area contributed by atoms with Gasteiger partial charge in [-0.1, -0.05) is 17.7 Å². The second-order valence-corrected chi connectivity index (χ2v) is 5.72. The maximum absolute atomic E-state index is 10.9. The lowest BCUT2D eigenvalue weighted by Gasteiger charge is -2.23. The average Bonchev–Trinajstić information content (AvgIpc) is 3.27. The van der Waals surface area contributed by atoms with Crippen LogP contribution in [0.25, 0.3) is 0 Å². The van der Waals surface area contributed by atoms with Crippen LogP contribution >= 0.6 is 11.6 Å². The van der Waals surface area contributed by atoms with E-state index in [1.165, 1.54) is 0 Å². The fraction of sp³-hybridized carbons (Fsp3) is 0.429. The molecule has 118 valence electrons. The van der Waals surface area contributed by atoms with E-state index in [9.17, 15) is 10.1 Å². The first-order chi connectivity index (χ1) is 10.5. The molecule has 0 spiro atoms. The summed E-state index contributed by atoms with van der Waals surface area (Å²) in [6.07, 6.45) is 6.20. The Kier molecular flexibility index (Phi) is 5.32. The summed E-state index contributed by atoms with van der Waals surface area (Å²) >= 11 is 5.78. The molecule has 22 heavy (non-hydrogen) atoms. The topological polar surface area (TPSA) is 74.9 Å². The van der Waals surface area contributed by atoms with Crippen molar-refractivity contribution in [3.63, 3.8) is 0 Å². The van der Waals surface area contributed by atoms with Gasteiger partial charge in [0.2, 0.25) is 5.82 Å². The van der Waals surface area contributed by atoms with Gasteiger partial charge in [-0.2, -0.15) is 0 Å². The lowest BCUT2D eigenvalue weighted by atomic mass is 10.2. The Morgan fingerprint density at radius 1 is 1.55 bits per heavy atom. The van der Waals surface area contributed by atoms with E-state index >= 15 is 0 Å². The Labute approximate surface area is 134 Å². The minimum atomic E-state index is -0.474. The van der Waals surface area contributed by atoms with Gasteiger partial charge < -0.3 is 9.80 Å². The molecule has 1 aliphatic carbocycles. The molecule has 0 radical (unpaired) electrons. The third-order valence-electron chi connectivity index (χ3n) is 3.07. The number of rotatable bonds is 7. The van der Waals surface area contributed by atoms with Gasteiger partial charge in [-0.3, -0.25) is 10.1 Å². The number of aliphatic imine (C=N–C) groups is 1. The van der Waals surface area contributed by atoms with E-state index in [0.29, 0.717) is 17.5 Å². The van der Waals surface area contributed by atoms with Crippen molar-refractivity contribution in [3.8, 4) is 0 Å². The summed E-state index contributed by atoms with van der Waals surface area (Å²) in [5.74, 6) is 0.344. The Morgan fingerprint density at radius 3 is 2.77 bits per heavy atom. The first-order valence-corrected chi connectivity index (χ1v) is 7.26. The first-order valence-electron chi connectivity index (χ1n) is 6.88. The second kappa shape index (κ2) is 7.22. The minimum Gasteiger partial charge on any atom is -0.369 e. The number of hydrogen-bond acceptors (Lipinski definition) is 5. The molecule has 7 nitrogen and oxygen atoms in total. The highest BCUT2D eigenvalue weighted by atomic mass is 35.5. The van der Waals surface area contributed by atoms with Crippen molar-refractivity contribution in [2.75, 3.05) is 14.1 Å². The molecule has 0 bridgehead atoms. The zero-order valence-corrected chi connectivity index (χ0v) is 13.3. The van der Waals surface area contributed by atoms with Crippen molar-refractivity contribution in [2.24, 2.45) is 4.99 Å². The van der Waals surface area contributed by atoms with E-state index in [1.54, 1.807) is 23.5 Å². The van der Waals surface area contributed by atoms with Crippen LogP contribution in [0.3, 0.4) is 0 Å². The van der Waals surface area contributed by atoms with Crippen LogP contribution in [0.2, 0.25) is 5.15 Å². The van der Waals surface area contributed by atoms with Crippen LogP contribution in [0.1, 0.15) is 18.4 Å². The normalized spacial score (nSPS) is 15.1. The number of nitro groups is 1. The van der Waals surface area contributed by atoms with Crippen molar-refractivity contribution in [2.45, 2.75) is 25.4 Å². The van der Waals surface area contributed by atoms with E-state index < -0.39 is 4.92 Å². The van der Waals surface area contributed by atoms with Crippen LogP contribution in [-0.4, -0.2) is 46.2 Å². The zero-order chi connectivity index (χ0) is 16.1. The maximum Gasteiger partial charge on any atom is 0.276 e. The Bertz CT molecular complexity index is 581.